The van der Waals surface area contributed by atoms with Crippen LogP contribution >= 0.6 is 0 Å². The summed E-state index contributed by atoms with van der Waals surface area (Å²) in [5.74, 6) is 0. The van der Waals surface area contributed by atoms with Crippen LogP contribution in [0.5, 0.6) is 0 Å². The molecule has 0 fully saturated rings. The third-order valence-electron chi connectivity index (χ3n) is 2.58. The van der Waals surface area contributed by atoms with Crippen molar-refractivity contribution in [3.8, 4) is 0 Å². The van der Waals surface area contributed by atoms with E-state index in [1.807, 2.05) is 14.1 Å². The second-order valence-corrected chi connectivity index (χ2v) is 4.34. The fraction of sp³-hybridized carbons (Fsp3) is 0.571. The minimum absolute atomic E-state index is 0.770. The van der Waals surface area contributed by atoms with Crippen LogP contribution in [-0.4, -0.2) is 33.9 Å². The smallest absolute Gasteiger partial charge is 0.0639 e. The molecular weight excluding hydrogens is 212 g/mol. The maximum absolute atomic E-state index is 5.50. The Morgan fingerprint density at radius 1 is 1.24 bits per heavy atom. The van der Waals surface area contributed by atoms with Crippen LogP contribution in [-0.2, 0) is 4.74 Å². The van der Waals surface area contributed by atoms with Gasteiger partial charge in [-0.1, -0.05) is 19.4 Å². The van der Waals surface area contributed by atoms with Gasteiger partial charge in [-0.15, -0.1) is 0 Å². The van der Waals surface area contributed by atoms with Crippen molar-refractivity contribution in [1.82, 2.24) is 0 Å². The third kappa shape index (κ3) is 5.59. The van der Waals surface area contributed by atoms with Crippen molar-refractivity contribution in [2.75, 3.05) is 44.1 Å². The Hall–Kier alpha value is -1.22. The molecule has 0 aromatic heterocycles. The van der Waals surface area contributed by atoms with Gasteiger partial charge >= 0.3 is 0 Å². The number of hydrogen-bond acceptors (Lipinski definition) is 3. The maximum atomic E-state index is 5.50. The highest BCUT2D eigenvalue weighted by Crippen LogP contribution is 2.16. The van der Waals surface area contributed by atoms with Gasteiger partial charge in [0.25, 0.3) is 0 Å². The van der Waals surface area contributed by atoms with Crippen molar-refractivity contribution in [2.24, 2.45) is 0 Å². The van der Waals surface area contributed by atoms with Crippen LogP contribution in [0.2, 0.25) is 0 Å². The Morgan fingerprint density at radius 3 is 2.76 bits per heavy atom. The van der Waals surface area contributed by atoms with E-state index < -0.39 is 0 Å². The average molecular weight is 236 g/mol. The molecule has 0 aliphatic heterocycles. The summed E-state index contributed by atoms with van der Waals surface area (Å²) in [6.07, 6.45) is 2.34. The van der Waals surface area contributed by atoms with Crippen molar-refractivity contribution in [3.05, 3.63) is 24.3 Å². The molecule has 0 atom stereocenters. The van der Waals surface area contributed by atoms with Crippen molar-refractivity contribution < 1.29 is 4.74 Å². The van der Waals surface area contributed by atoms with Crippen LogP contribution in [0.3, 0.4) is 0 Å². The lowest BCUT2D eigenvalue weighted by atomic mass is 10.2. The monoisotopic (exact) mass is 236 g/mol. The molecule has 96 valence electrons. The minimum Gasteiger partial charge on any atom is -0.383 e. The van der Waals surface area contributed by atoms with Crippen LogP contribution in [0.25, 0.3) is 0 Å². The number of nitrogens with one attached hydrogen (secondary N) is 1. The average Bonchev–Trinajstić information content (AvgIpc) is 2.34. The molecule has 0 heterocycles. The van der Waals surface area contributed by atoms with Crippen LogP contribution in [0.15, 0.2) is 24.3 Å². The molecule has 0 amide bonds. The van der Waals surface area contributed by atoms with Gasteiger partial charge in [0, 0.05) is 38.6 Å². The quantitative estimate of drug-likeness (QED) is 0.702. The first-order valence-corrected chi connectivity index (χ1v) is 6.33. The van der Waals surface area contributed by atoms with E-state index in [-0.39, 0.29) is 0 Å². The largest absolute Gasteiger partial charge is 0.383 e. The lowest BCUT2D eigenvalue weighted by Crippen LogP contribution is -2.11. The highest BCUT2D eigenvalue weighted by Gasteiger charge is 1.96. The summed E-state index contributed by atoms with van der Waals surface area (Å²) < 4.78 is 5.50. The SMILES string of the molecule is CCCCOCCNc1cccc(N(C)C)c1. The van der Waals surface area contributed by atoms with E-state index in [1.165, 1.54) is 12.1 Å². The van der Waals surface area contributed by atoms with Gasteiger partial charge in [0.05, 0.1) is 6.61 Å². The predicted octanol–water partition coefficient (Wildman–Crippen LogP) is 2.98. The zero-order chi connectivity index (χ0) is 12.5. The second-order valence-electron chi connectivity index (χ2n) is 4.34. The normalized spacial score (nSPS) is 10.3. The van der Waals surface area contributed by atoms with Gasteiger partial charge in [-0.2, -0.15) is 0 Å². The summed E-state index contributed by atoms with van der Waals surface area (Å²) in [5, 5.41) is 3.37. The molecule has 1 N–H and O–H groups in total. The van der Waals surface area contributed by atoms with Gasteiger partial charge in [-0.05, 0) is 24.6 Å². The van der Waals surface area contributed by atoms with Crippen LogP contribution in [0.1, 0.15) is 19.8 Å². The van der Waals surface area contributed by atoms with Crippen LogP contribution in [0.4, 0.5) is 11.4 Å². The van der Waals surface area contributed by atoms with Gasteiger partial charge in [0.2, 0.25) is 0 Å². The Morgan fingerprint density at radius 2 is 2.06 bits per heavy atom. The zero-order valence-corrected chi connectivity index (χ0v) is 11.2. The fourth-order valence-electron chi connectivity index (χ4n) is 1.51. The van der Waals surface area contributed by atoms with E-state index in [0.717, 1.165) is 31.9 Å². The molecular formula is C14H24N2O. The van der Waals surface area contributed by atoms with E-state index in [1.54, 1.807) is 0 Å². The molecule has 3 heteroatoms. The molecule has 0 aliphatic rings. The summed E-state index contributed by atoms with van der Waals surface area (Å²) in [6.45, 7) is 4.68. The van der Waals surface area contributed by atoms with E-state index in [0.29, 0.717) is 0 Å². The summed E-state index contributed by atoms with van der Waals surface area (Å²) in [6, 6.07) is 8.39. The topological polar surface area (TPSA) is 24.5 Å². The molecule has 0 aliphatic carbocycles. The number of benzene rings is 1. The molecule has 0 radical (unpaired) electrons. The van der Waals surface area contributed by atoms with Gasteiger partial charge in [-0.3, -0.25) is 0 Å². The van der Waals surface area contributed by atoms with E-state index in [2.05, 4.69) is 41.4 Å². The third-order valence-corrected chi connectivity index (χ3v) is 2.58. The molecule has 3 nitrogen and oxygen atoms in total. The fourth-order valence-corrected chi connectivity index (χ4v) is 1.51. The highest BCUT2D eigenvalue weighted by atomic mass is 16.5. The number of ether oxygens (including phenoxy) is 1. The first kappa shape index (κ1) is 13.8. The Balaban J connectivity index is 2.24. The van der Waals surface area contributed by atoms with Crippen molar-refractivity contribution >= 4 is 11.4 Å². The number of hydrogen-bond donors (Lipinski definition) is 1. The van der Waals surface area contributed by atoms with Crippen molar-refractivity contribution in [3.63, 3.8) is 0 Å². The van der Waals surface area contributed by atoms with Gasteiger partial charge in [0.15, 0.2) is 0 Å². The summed E-state index contributed by atoms with van der Waals surface area (Å²) in [5.41, 5.74) is 2.36. The number of rotatable bonds is 8. The zero-order valence-electron chi connectivity index (χ0n) is 11.2. The summed E-state index contributed by atoms with van der Waals surface area (Å²) in [7, 11) is 4.10. The van der Waals surface area contributed by atoms with Crippen LogP contribution in [0, 0.1) is 0 Å². The van der Waals surface area contributed by atoms with Gasteiger partial charge < -0.3 is 15.0 Å². The Kier molecular flexibility index (Phi) is 6.48. The maximum Gasteiger partial charge on any atom is 0.0639 e. The van der Waals surface area contributed by atoms with E-state index in [9.17, 15) is 0 Å². The lowest BCUT2D eigenvalue weighted by Gasteiger charge is -2.14. The summed E-state index contributed by atoms with van der Waals surface area (Å²) in [4.78, 5) is 2.10. The molecule has 0 saturated carbocycles. The van der Waals surface area contributed by atoms with Crippen molar-refractivity contribution in [1.29, 1.82) is 0 Å². The van der Waals surface area contributed by atoms with Crippen LogP contribution < -0.4 is 10.2 Å². The number of nitrogens with zero attached hydrogens (tertiary/aromatic N) is 1. The first-order chi connectivity index (χ1) is 8.24. The van der Waals surface area contributed by atoms with Gasteiger partial charge in [0.1, 0.15) is 0 Å². The van der Waals surface area contributed by atoms with Gasteiger partial charge in [-0.25, -0.2) is 0 Å². The molecule has 1 rings (SSSR count). The molecule has 0 bridgehead atoms. The first-order valence-electron chi connectivity index (χ1n) is 6.33. The predicted molar refractivity (Wildman–Crippen MR) is 75.0 cm³/mol. The standard InChI is InChI=1S/C14H24N2O/c1-4-5-10-17-11-9-15-13-7-6-8-14(12-13)16(2)3/h6-8,12,15H,4-5,9-11H2,1-3H3. The lowest BCUT2D eigenvalue weighted by molar-refractivity contribution is 0.141. The number of anilines is 2. The molecule has 0 saturated heterocycles. The Bertz CT molecular complexity index is 313. The Labute approximate surface area is 105 Å². The molecule has 0 unspecified atom stereocenters. The molecule has 17 heavy (non-hydrogen) atoms. The van der Waals surface area contributed by atoms with E-state index >= 15 is 0 Å². The van der Waals surface area contributed by atoms with E-state index in [4.69, 9.17) is 4.74 Å². The second kappa shape index (κ2) is 7.96. The molecule has 0 spiro atoms. The number of unbranched alkanes of at least 4 members (excludes halogenated alkanes) is 1. The van der Waals surface area contributed by atoms with Crippen molar-refractivity contribution in [2.45, 2.75) is 19.8 Å². The highest BCUT2D eigenvalue weighted by molar-refractivity contribution is 5.57. The molecule has 1 aromatic carbocycles. The molecule has 1 aromatic rings. The summed E-state index contributed by atoms with van der Waals surface area (Å²) >= 11 is 0. The minimum atomic E-state index is 0.770.